The van der Waals surface area contributed by atoms with Gasteiger partial charge in [0.1, 0.15) is 17.7 Å². The molecule has 1 aliphatic rings. The van der Waals surface area contributed by atoms with Gasteiger partial charge in [0.25, 0.3) is 5.91 Å². The highest BCUT2D eigenvalue weighted by molar-refractivity contribution is 5.77. The Bertz CT molecular complexity index is 634. The van der Waals surface area contributed by atoms with Gasteiger partial charge < -0.3 is 20.3 Å². The number of carbonyl (C=O) groups excluding carboxylic acids is 2. The molecule has 3 N–H and O–H groups in total. The van der Waals surface area contributed by atoms with Crippen molar-refractivity contribution in [1.29, 1.82) is 0 Å². The van der Waals surface area contributed by atoms with Crippen molar-refractivity contribution in [3.8, 4) is 0 Å². The molecule has 6 nitrogen and oxygen atoms in total. The Balaban J connectivity index is 1.73. The number of hydrogen-bond donors (Lipinski definition) is 2. The lowest BCUT2D eigenvalue weighted by atomic mass is 10.1. The summed E-state index contributed by atoms with van der Waals surface area (Å²) in [6.07, 6.45) is 1.03. The van der Waals surface area contributed by atoms with Crippen LogP contribution in [0.15, 0.2) is 18.2 Å². The summed E-state index contributed by atoms with van der Waals surface area (Å²) in [5, 5.41) is 4.65. The highest BCUT2D eigenvalue weighted by Crippen LogP contribution is 2.15. The van der Waals surface area contributed by atoms with Gasteiger partial charge >= 0.3 is 6.09 Å². The highest BCUT2D eigenvalue weighted by atomic mass is 19.1. The van der Waals surface area contributed by atoms with Crippen LogP contribution in [0, 0.1) is 11.6 Å². The zero-order valence-electron chi connectivity index (χ0n) is 15.1. The van der Waals surface area contributed by atoms with E-state index in [2.05, 4.69) is 5.32 Å². The van der Waals surface area contributed by atoms with E-state index in [1.807, 2.05) is 0 Å². The van der Waals surface area contributed by atoms with Crippen molar-refractivity contribution in [3.63, 3.8) is 0 Å². The molecule has 0 saturated carbocycles. The van der Waals surface area contributed by atoms with Crippen molar-refractivity contribution in [2.45, 2.75) is 38.8 Å². The quantitative estimate of drug-likeness (QED) is 0.793. The molecule has 1 aromatic carbocycles. The Morgan fingerprint density at radius 1 is 1.35 bits per heavy atom. The normalized spacial score (nSPS) is 16.2. The molecule has 1 atom stereocenters. The second kappa shape index (κ2) is 9.47. The van der Waals surface area contributed by atoms with Crippen LogP contribution in [0.1, 0.15) is 38.3 Å². The van der Waals surface area contributed by atoms with Gasteiger partial charge in [-0.1, -0.05) is 0 Å². The number of piperidine rings is 1. The molecule has 2 rings (SSSR count). The van der Waals surface area contributed by atoms with Crippen LogP contribution in [-0.2, 0) is 9.53 Å². The monoisotopic (exact) mass is 370 g/mol. The molecule has 1 fully saturated rings. The van der Waals surface area contributed by atoms with Crippen LogP contribution >= 0.6 is 0 Å². The maximum absolute atomic E-state index is 13.8. The minimum absolute atomic E-state index is 0.0134. The number of amides is 2. The zero-order valence-corrected chi connectivity index (χ0v) is 15.1. The number of halogens is 2. The molecule has 26 heavy (non-hydrogen) atoms. The number of likely N-dealkylation sites (tertiary alicyclic amines) is 1. The van der Waals surface area contributed by atoms with Crippen LogP contribution in [-0.4, -0.2) is 49.2 Å². The van der Waals surface area contributed by atoms with E-state index in [1.165, 1.54) is 12.1 Å². The molecule has 0 aliphatic carbocycles. The molecule has 0 radical (unpaired) electrons. The van der Waals surface area contributed by atoms with Crippen LogP contribution in [0.5, 0.6) is 0 Å². The summed E-state index contributed by atoms with van der Waals surface area (Å²) in [5.41, 5.74) is 0.363. The lowest BCUT2D eigenvalue weighted by molar-refractivity contribution is -0.682. The number of hydrogen-bond acceptors (Lipinski definition) is 3. The van der Waals surface area contributed by atoms with E-state index in [4.69, 9.17) is 4.74 Å². The molecule has 1 saturated heterocycles. The minimum atomic E-state index is -0.620. The summed E-state index contributed by atoms with van der Waals surface area (Å²) in [7, 11) is 0. The van der Waals surface area contributed by atoms with Gasteiger partial charge in [0.2, 0.25) is 0 Å². The largest absolute Gasteiger partial charge is 0.450 e. The lowest BCUT2D eigenvalue weighted by Crippen LogP contribution is -2.87. The number of rotatable bonds is 6. The van der Waals surface area contributed by atoms with Crippen LogP contribution in [0.3, 0.4) is 0 Å². The first-order valence-electron chi connectivity index (χ1n) is 8.90. The molecule has 0 aromatic heterocycles. The third-order valence-electron chi connectivity index (χ3n) is 4.50. The summed E-state index contributed by atoms with van der Waals surface area (Å²) in [5.74, 6) is -1.38. The number of nitrogens with one attached hydrogen (secondary N) is 1. The van der Waals surface area contributed by atoms with Gasteiger partial charge in [0.05, 0.1) is 6.61 Å². The standard InChI is InChI=1S/C18H25F2N3O3/c1-3-26-18(25)23-8-6-14(7-9-23)22-17(24)11-21-12(2)15-5-4-13(19)10-16(15)20/h4-5,10,12,14,21H,3,6-9,11H2,1-2H3,(H,22,24)/p+1/t12-/m0/s1. The topological polar surface area (TPSA) is 75.2 Å². The molecule has 2 amide bonds. The van der Waals surface area contributed by atoms with E-state index in [0.717, 1.165) is 6.07 Å². The van der Waals surface area contributed by atoms with Crippen molar-refractivity contribution < 1.29 is 28.4 Å². The summed E-state index contributed by atoms with van der Waals surface area (Å²) in [6, 6.07) is 3.16. The van der Waals surface area contributed by atoms with E-state index in [-0.39, 0.29) is 30.6 Å². The number of nitrogens with two attached hydrogens (primary N) is 1. The molecule has 0 spiro atoms. The fourth-order valence-corrected chi connectivity index (χ4v) is 2.99. The Labute approximate surface area is 151 Å². The predicted octanol–water partition coefficient (Wildman–Crippen LogP) is 1.33. The first-order chi connectivity index (χ1) is 12.4. The lowest BCUT2D eigenvalue weighted by Gasteiger charge is -2.31. The third-order valence-corrected chi connectivity index (χ3v) is 4.50. The van der Waals surface area contributed by atoms with E-state index in [0.29, 0.717) is 38.1 Å². The van der Waals surface area contributed by atoms with Crippen molar-refractivity contribution in [1.82, 2.24) is 10.2 Å². The van der Waals surface area contributed by atoms with E-state index in [9.17, 15) is 18.4 Å². The first kappa shape index (κ1) is 20.1. The third kappa shape index (κ3) is 5.66. The van der Waals surface area contributed by atoms with Gasteiger partial charge in [-0.05, 0) is 38.8 Å². The van der Waals surface area contributed by atoms with Gasteiger partial charge in [0.15, 0.2) is 6.54 Å². The van der Waals surface area contributed by atoms with Gasteiger partial charge in [-0.15, -0.1) is 0 Å². The van der Waals surface area contributed by atoms with Crippen LogP contribution < -0.4 is 10.6 Å². The molecule has 1 aliphatic heterocycles. The van der Waals surface area contributed by atoms with Gasteiger partial charge in [-0.2, -0.15) is 0 Å². The fourth-order valence-electron chi connectivity index (χ4n) is 2.99. The molecule has 144 valence electrons. The second-order valence-corrected chi connectivity index (χ2v) is 6.42. The number of quaternary nitrogens is 1. The highest BCUT2D eigenvalue weighted by Gasteiger charge is 2.25. The molecule has 0 bridgehead atoms. The summed E-state index contributed by atoms with van der Waals surface area (Å²) >= 11 is 0. The van der Waals surface area contributed by atoms with Crippen molar-refractivity contribution in [3.05, 3.63) is 35.4 Å². The molecular formula is C18H26F2N3O3+. The fraction of sp³-hybridized carbons (Fsp3) is 0.556. The Morgan fingerprint density at radius 3 is 2.65 bits per heavy atom. The van der Waals surface area contributed by atoms with Crippen molar-refractivity contribution in [2.75, 3.05) is 26.2 Å². The summed E-state index contributed by atoms with van der Waals surface area (Å²) in [4.78, 5) is 25.4. The smallest absolute Gasteiger partial charge is 0.409 e. The average molecular weight is 370 g/mol. The van der Waals surface area contributed by atoms with Crippen LogP contribution in [0.4, 0.5) is 13.6 Å². The molecular weight excluding hydrogens is 344 g/mol. The predicted molar refractivity (Wildman–Crippen MR) is 91.3 cm³/mol. The Kier molecular flexibility index (Phi) is 7.32. The number of carbonyl (C=O) groups is 2. The maximum Gasteiger partial charge on any atom is 0.409 e. The SMILES string of the molecule is CCOC(=O)N1CCC(NC(=O)C[NH2+][C@@H](C)c2ccc(F)cc2F)CC1. The second-order valence-electron chi connectivity index (χ2n) is 6.42. The molecule has 0 unspecified atom stereocenters. The Morgan fingerprint density at radius 2 is 2.04 bits per heavy atom. The minimum Gasteiger partial charge on any atom is -0.450 e. The van der Waals surface area contributed by atoms with Crippen LogP contribution in [0.2, 0.25) is 0 Å². The molecule has 8 heteroatoms. The summed E-state index contributed by atoms with van der Waals surface area (Å²) in [6.45, 7) is 5.12. The molecule has 1 heterocycles. The van der Waals surface area contributed by atoms with E-state index < -0.39 is 11.6 Å². The van der Waals surface area contributed by atoms with E-state index in [1.54, 1.807) is 24.1 Å². The number of ether oxygens (including phenoxy) is 1. The van der Waals surface area contributed by atoms with Gasteiger partial charge in [-0.3, -0.25) is 4.79 Å². The van der Waals surface area contributed by atoms with Crippen molar-refractivity contribution in [2.24, 2.45) is 0 Å². The summed E-state index contributed by atoms with van der Waals surface area (Å²) < 4.78 is 31.7. The number of nitrogens with zero attached hydrogens (tertiary/aromatic N) is 1. The molecule has 1 aromatic rings. The number of benzene rings is 1. The van der Waals surface area contributed by atoms with Crippen molar-refractivity contribution >= 4 is 12.0 Å². The zero-order chi connectivity index (χ0) is 19.1. The van der Waals surface area contributed by atoms with Gasteiger partial charge in [-0.25, -0.2) is 13.6 Å². The van der Waals surface area contributed by atoms with Gasteiger partial charge in [0, 0.05) is 30.8 Å². The Hall–Kier alpha value is -2.22. The first-order valence-corrected chi connectivity index (χ1v) is 8.90. The average Bonchev–Trinajstić information content (AvgIpc) is 2.60. The van der Waals surface area contributed by atoms with Crippen LogP contribution in [0.25, 0.3) is 0 Å². The van der Waals surface area contributed by atoms with E-state index >= 15 is 0 Å². The maximum atomic E-state index is 13.8.